The Balaban J connectivity index is 4.22. The lowest BCUT2D eigenvalue weighted by molar-refractivity contribution is -0.167. The molecular weight excluding hydrogens is 853 g/mol. The minimum absolute atomic E-state index is 0.0656. The highest BCUT2D eigenvalue weighted by molar-refractivity contribution is 5.71. The number of carbonyl (C=O) groups is 3. The van der Waals surface area contributed by atoms with E-state index >= 15 is 0 Å². The Morgan fingerprint density at radius 3 is 0.725 bits per heavy atom. The van der Waals surface area contributed by atoms with Gasteiger partial charge in [-0.25, -0.2) is 0 Å². The van der Waals surface area contributed by atoms with E-state index in [1.54, 1.807) is 0 Å². The van der Waals surface area contributed by atoms with Gasteiger partial charge in [0.25, 0.3) is 0 Å². The maximum Gasteiger partial charge on any atom is 0.306 e. The molecule has 0 rings (SSSR count). The Morgan fingerprint density at radius 1 is 0.275 bits per heavy atom. The van der Waals surface area contributed by atoms with Gasteiger partial charge in [0.05, 0.1) is 0 Å². The van der Waals surface area contributed by atoms with Crippen LogP contribution in [0.1, 0.15) is 355 Å². The number of unbranched alkanes of at least 4 members (excludes halogenated alkanes) is 45. The third-order valence-electron chi connectivity index (χ3n) is 14.3. The van der Waals surface area contributed by atoms with Gasteiger partial charge in [-0.2, -0.15) is 0 Å². The third-order valence-corrected chi connectivity index (χ3v) is 14.3. The van der Waals surface area contributed by atoms with E-state index in [0.29, 0.717) is 19.3 Å². The number of rotatable bonds is 58. The van der Waals surface area contributed by atoms with Crippen LogP contribution in [0.3, 0.4) is 0 Å². The van der Waals surface area contributed by atoms with E-state index in [9.17, 15) is 14.4 Å². The summed E-state index contributed by atoms with van der Waals surface area (Å²) in [5.41, 5.74) is 0. The molecule has 0 bridgehead atoms. The van der Waals surface area contributed by atoms with Crippen molar-refractivity contribution in [1.82, 2.24) is 0 Å². The molecule has 1 unspecified atom stereocenters. The molecule has 0 saturated heterocycles. The highest BCUT2D eigenvalue weighted by Crippen LogP contribution is 2.18. The third kappa shape index (κ3) is 56.9. The second-order valence-corrected chi connectivity index (χ2v) is 21.3. The molecule has 6 heteroatoms. The highest BCUT2D eigenvalue weighted by Gasteiger charge is 2.19. The van der Waals surface area contributed by atoms with Crippen LogP contribution in [0.2, 0.25) is 0 Å². The molecule has 0 aromatic rings. The SMILES string of the molecule is CCCCCCCCC/C=C\CCCCCCCCCC(=O)OC(COC(=O)CCCCCCCCCCCCC)COC(=O)CCCCCCCCCCCCCCCCCCCCCCCC. The molecule has 0 N–H and O–H groups in total. The summed E-state index contributed by atoms with van der Waals surface area (Å²) in [6.07, 6.45) is 67.9. The molecule has 0 aliphatic heterocycles. The van der Waals surface area contributed by atoms with Gasteiger partial charge in [0.1, 0.15) is 13.2 Å². The molecule has 0 aromatic heterocycles. The lowest BCUT2D eigenvalue weighted by atomic mass is 10.0. The highest BCUT2D eigenvalue weighted by atomic mass is 16.6. The van der Waals surface area contributed by atoms with Crippen LogP contribution in [0.4, 0.5) is 0 Å². The van der Waals surface area contributed by atoms with Crippen LogP contribution in [0.5, 0.6) is 0 Å². The topological polar surface area (TPSA) is 78.9 Å². The Bertz CT molecular complexity index is 1070. The van der Waals surface area contributed by atoms with E-state index in [1.807, 2.05) is 0 Å². The first-order valence-electron chi connectivity index (χ1n) is 31.2. The fraction of sp³-hybridized carbons (Fsp3) is 0.921. The van der Waals surface area contributed by atoms with Gasteiger partial charge in [0, 0.05) is 19.3 Å². The summed E-state index contributed by atoms with van der Waals surface area (Å²) in [5.74, 6) is -0.844. The zero-order valence-electron chi connectivity index (χ0n) is 46.9. The molecule has 0 aliphatic rings. The maximum atomic E-state index is 12.9. The largest absolute Gasteiger partial charge is 0.462 e. The molecule has 0 spiro atoms. The smallest absolute Gasteiger partial charge is 0.306 e. The van der Waals surface area contributed by atoms with Gasteiger partial charge in [0.2, 0.25) is 0 Å². The van der Waals surface area contributed by atoms with Crippen molar-refractivity contribution in [3.05, 3.63) is 12.2 Å². The number of esters is 3. The number of carbonyl (C=O) groups excluding carboxylic acids is 3. The van der Waals surface area contributed by atoms with E-state index in [2.05, 4.69) is 32.9 Å². The second-order valence-electron chi connectivity index (χ2n) is 21.3. The first-order chi connectivity index (χ1) is 34.0. The molecule has 69 heavy (non-hydrogen) atoms. The number of hydrogen-bond acceptors (Lipinski definition) is 6. The average Bonchev–Trinajstić information content (AvgIpc) is 3.35. The van der Waals surface area contributed by atoms with Crippen LogP contribution >= 0.6 is 0 Å². The van der Waals surface area contributed by atoms with Crippen LogP contribution in [0.25, 0.3) is 0 Å². The van der Waals surface area contributed by atoms with Crippen LogP contribution < -0.4 is 0 Å². The molecule has 0 fully saturated rings. The standard InChI is InChI=1S/C63H120O6/c1-4-7-10-13-16-19-22-24-26-28-30-31-32-33-35-36-38-41-44-47-50-53-56-62(65)68-59-60(58-67-61(64)55-52-49-46-43-40-21-18-15-12-9-6-3)69-63(66)57-54-51-48-45-42-39-37-34-29-27-25-23-20-17-14-11-8-5-2/h27,29,60H,4-26,28,30-59H2,1-3H3/b29-27-. The monoisotopic (exact) mass is 973 g/mol. The van der Waals surface area contributed by atoms with Gasteiger partial charge >= 0.3 is 17.9 Å². The van der Waals surface area contributed by atoms with Crippen molar-refractivity contribution in [3.63, 3.8) is 0 Å². The summed E-state index contributed by atoms with van der Waals surface area (Å²) in [6, 6.07) is 0. The normalized spacial score (nSPS) is 12.0. The second kappa shape index (κ2) is 58.7. The van der Waals surface area contributed by atoms with Gasteiger partial charge < -0.3 is 14.2 Å². The minimum Gasteiger partial charge on any atom is -0.462 e. The molecule has 0 saturated carbocycles. The van der Waals surface area contributed by atoms with Crippen LogP contribution in [0, 0.1) is 0 Å². The Kier molecular flexibility index (Phi) is 57.1. The van der Waals surface area contributed by atoms with Crippen LogP contribution in [-0.4, -0.2) is 37.2 Å². The van der Waals surface area contributed by atoms with Crippen molar-refractivity contribution in [1.29, 1.82) is 0 Å². The van der Waals surface area contributed by atoms with Gasteiger partial charge in [-0.05, 0) is 44.9 Å². The number of hydrogen-bond donors (Lipinski definition) is 0. The Morgan fingerprint density at radius 2 is 0.478 bits per heavy atom. The summed E-state index contributed by atoms with van der Waals surface area (Å²) in [6.45, 7) is 6.69. The predicted octanol–water partition coefficient (Wildman–Crippen LogP) is 20.9. The molecule has 0 amide bonds. The summed E-state index contributed by atoms with van der Waals surface area (Å²) in [7, 11) is 0. The van der Waals surface area contributed by atoms with Crippen LogP contribution in [-0.2, 0) is 28.6 Å². The van der Waals surface area contributed by atoms with Crippen molar-refractivity contribution < 1.29 is 28.6 Å². The molecule has 0 radical (unpaired) electrons. The fourth-order valence-corrected chi connectivity index (χ4v) is 9.56. The van der Waals surface area contributed by atoms with E-state index < -0.39 is 6.10 Å². The maximum absolute atomic E-state index is 12.9. The molecule has 0 heterocycles. The lowest BCUT2D eigenvalue weighted by Crippen LogP contribution is -2.30. The quantitative estimate of drug-likeness (QED) is 0.0261. The Labute approximate surface area is 431 Å². The van der Waals surface area contributed by atoms with Crippen molar-refractivity contribution in [3.8, 4) is 0 Å². The van der Waals surface area contributed by atoms with Crippen molar-refractivity contribution in [2.45, 2.75) is 361 Å². The van der Waals surface area contributed by atoms with Crippen molar-refractivity contribution in [2.24, 2.45) is 0 Å². The Hall–Kier alpha value is -1.85. The molecule has 408 valence electrons. The molecule has 0 aromatic carbocycles. The van der Waals surface area contributed by atoms with E-state index in [1.165, 1.54) is 257 Å². The van der Waals surface area contributed by atoms with Gasteiger partial charge in [-0.1, -0.05) is 303 Å². The fourth-order valence-electron chi connectivity index (χ4n) is 9.56. The molecular formula is C63H120O6. The van der Waals surface area contributed by atoms with Gasteiger partial charge in [-0.15, -0.1) is 0 Å². The molecule has 6 nitrogen and oxygen atoms in total. The zero-order chi connectivity index (χ0) is 50.0. The zero-order valence-corrected chi connectivity index (χ0v) is 46.9. The van der Waals surface area contributed by atoms with Crippen molar-refractivity contribution in [2.75, 3.05) is 13.2 Å². The number of ether oxygens (including phenoxy) is 3. The first kappa shape index (κ1) is 67.1. The van der Waals surface area contributed by atoms with Crippen LogP contribution in [0.15, 0.2) is 12.2 Å². The lowest BCUT2D eigenvalue weighted by Gasteiger charge is -2.18. The van der Waals surface area contributed by atoms with Gasteiger partial charge in [-0.3, -0.25) is 14.4 Å². The summed E-state index contributed by atoms with van der Waals surface area (Å²) < 4.78 is 16.9. The average molecular weight is 974 g/mol. The van der Waals surface area contributed by atoms with E-state index in [4.69, 9.17) is 14.2 Å². The molecule has 0 aliphatic carbocycles. The summed E-state index contributed by atoms with van der Waals surface area (Å²) in [5, 5.41) is 0. The van der Waals surface area contributed by atoms with Gasteiger partial charge in [0.15, 0.2) is 6.10 Å². The molecule has 1 atom stereocenters. The predicted molar refractivity (Wildman–Crippen MR) is 298 cm³/mol. The summed E-state index contributed by atoms with van der Waals surface area (Å²) in [4.78, 5) is 38.2. The number of allylic oxidation sites excluding steroid dienone is 2. The van der Waals surface area contributed by atoms with E-state index in [0.717, 1.165) is 57.8 Å². The van der Waals surface area contributed by atoms with Crippen molar-refractivity contribution >= 4 is 17.9 Å². The minimum atomic E-state index is -0.767. The van der Waals surface area contributed by atoms with E-state index in [-0.39, 0.29) is 31.1 Å². The summed E-state index contributed by atoms with van der Waals surface area (Å²) >= 11 is 0. The first-order valence-corrected chi connectivity index (χ1v) is 31.2.